The van der Waals surface area contributed by atoms with Crippen molar-refractivity contribution in [1.82, 2.24) is 0 Å². The van der Waals surface area contributed by atoms with Gasteiger partial charge in [0, 0.05) is 6.26 Å². The van der Waals surface area contributed by atoms with Gasteiger partial charge in [-0.2, -0.15) is 0 Å². The lowest BCUT2D eigenvalue weighted by Crippen LogP contribution is -2.19. The summed E-state index contributed by atoms with van der Waals surface area (Å²) < 4.78 is 48.4. The van der Waals surface area contributed by atoms with Crippen LogP contribution in [-0.4, -0.2) is 39.9 Å². The monoisotopic (exact) mass is 321 g/mol. The van der Waals surface area contributed by atoms with Gasteiger partial charge < -0.3 is 5.11 Å². The Hall–Kier alpha value is -1.61. The van der Waals surface area contributed by atoms with E-state index in [1.807, 2.05) is 0 Å². The van der Waals surface area contributed by atoms with Gasteiger partial charge in [-0.15, -0.1) is 0 Å². The van der Waals surface area contributed by atoms with E-state index in [1.165, 1.54) is 18.2 Å². The van der Waals surface area contributed by atoms with E-state index in [9.17, 15) is 21.6 Å². The minimum Gasteiger partial charge on any atom is -0.481 e. The lowest BCUT2D eigenvalue weighted by Gasteiger charge is -2.11. The van der Waals surface area contributed by atoms with Crippen LogP contribution in [0.4, 0.5) is 5.69 Å². The molecule has 0 spiro atoms. The van der Waals surface area contributed by atoms with Crippen LogP contribution < -0.4 is 4.72 Å². The molecule has 0 unspecified atom stereocenters. The van der Waals surface area contributed by atoms with Crippen molar-refractivity contribution >= 4 is 31.5 Å². The molecule has 1 aromatic carbocycles. The highest BCUT2D eigenvalue weighted by Crippen LogP contribution is 2.21. The maximum absolute atomic E-state index is 11.7. The number of carboxylic acid groups (broad SMARTS) is 1. The van der Waals surface area contributed by atoms with Crippen molar-refractivity contribution in [1.29, 1.82) is 0 Å². The fourth-order valence-electron chi connectivity index (χ4n) is 1.38. The van der Waals surface area contributed by atoms with Gasteiger partial charge in [0.1, 0.15) is 0 Å². The van der Waals surface area contributed by atoms with Gasteiger partial charge in [0.2, 0.25) is 10.0 Å². The number of benzene rings is 1. The van der Waals surface area contributed by atoms with Gasteiger partial charge in [-0.25, -0.2) is 16.8 Å². The van der Waals surface area contributed by atoms with Crippen molar-refractivity contribution < 1.29 is 26.7 Å². The Morgan fingerprint density at radius 1 is 1.25 bits per heavy atom. The predicted molar refractivity (Wildman–Crippen MR) is 74.0 cm³/mol. The van der Waals surface area contributed by atoms with Gasteiger partial charge in [-0.05, 0) is 24.6 Å². The number of anilines is 1. The first kappa shape index (κ1) is 16.4. The third-order valence-corrected chi connectivity index (χ3v) is 4.87. The van der Waals surface area contributed by atoms with E-state index in [1.54, 1.807) is 6.92 Å². The fourth-order valence-corrected chi connectivity index (χ4v) is 3.13. The molecule has 1 rings (SSSR count). The van der Waals surface area contributed by atoms with Crippen LogP contribution in [-0.2, 0) is 24.7 Å². The van der Waals surface area contributed by atoms with Gasteiger partial charge in [0.15, 0.2) is 9.84 Å². The molecule has 0 saturated heterocycles. The third-order valence-electron chi connectivity index (χ3n) is 2.49. The Bertz CT molecular complexity index is 721. The molecule has 0 aliphatic heterocycles. The van der Waals surface area contributed by atoms with Crippen LogP contribution in [0.2, 0.25) is 0 Å². The number of nitrogens with one attached hydrogen (secondary N) is 1. The minimum atomic E-state index is -3.84. The molecule has 7 nitrogen and oxygen atoms in total. The van der Waals surface area contributed by atoms with Gasteiger partial charge in [0.25, 0.3) is 0 Å². The molecular formula is C11H15NO6S2. The Balaban J connectivity index is 3.06. The smallest absolute Gasteiger partial charge is 0.304 e. The zero-order chi connectivity index (χ0) is 15.6. The number of sulfonamides is 1. The zero-order valence-electron chi connectivity index (χ0n) is 11.0. The molecule has 0 atom stereocenters. The molecule has 0 aliphatic rings. The van der Waals surface area contributed by atoms with Gasteiger partial charge in [-0.3, -0.25) is 9.52 Å². The molecule has 9 heteroatoms. The van der Waals surface area contributed by atoms with E-state index >= 15 is 0 Å². The zero-order valence-corrected chi connectivity index (χ0v) is 12.6. The quantitative estimate of drug-likeness (QED) is 0.793. The summed E-state index contributed by atoms with van der Waals surface area (Å²) in [7, 11) is -7.29. The summed E-state index contributed by atoms with van der Waals surface area (Å²) in [5, 5.41) is 8.48. The summed E-state index contributed by atoms with van der Waals surface area (Å²) in [5.74, 6) is -1.80. The molecule has 0 aromatic heterocycles. The molecule has 1 aromatic rings. The van der Waals surface area contributed by atoms with E-state index in [0.717, 1.165) is 6.26 Å². The van der Waals surface area contributed by atoms with Crippen molar-refractivity contribution in [2.75, 3.05) is 16.7 Å². The van der Waals surface area contributed by atoms with E-state index in [2.05, 4.69) is 4.72 Å². The SMILES string of the molecule is Cc1ccc(S(C)(=O)=O)cc1NS(=O)(=O)CCC(=O)O. The maximum Gasteiger partial charge on any atom is 0.304 e. The second-order valence-corrected chi connectivity index (χ2v) is 8.17. The third kappa shape index (κ3) is 4.82. The van der Waals surface area contributed by atoms with Gasteiger partial charge in [0.05, 0.1) is 22.8 Å². The highest BCUT2D eigenvalue weighted by atomic mass is 32.2. The van der Waals surface area contributed by atoms with Crippen LogP contribution in [0.3, 0.4) is 0 Å². The van der Waals surface area contributed by atoms with Crippen molar-refractivity contribution in [2.24, 2.45) is 0 Å². The first-order valence-corrected chi connectivity index (χ1v) is 9.08. The number of hydrogen-bond donors (Lipinski definition) is 2. The molecule has 0 aliphatic carbocycles. The normalized spacial score (nSPS) is 12.1. The molecule has 0 radical (unpaired) electrons. The highest BCUT2D eigenvalue weighted by molar-refractivity contribution is 7.92. The average molecular weight is 321 g/mol. The van der Waals surface area contributed by atoms with Crippen LogP contribution in [0, 0.1) is 6.92 Å². The van der Waals surface area contributed by atoms with Crippen molar-refractivity contribution in [2.45, 2.75) is 18.2 Å². The molecule has 0 amide bonds. The summed E-state index contributed by atoms with van der Waals surface area (Å²) in [6, 6.07) is 4.06. The molecule has 0 saturated carbocycles. The standard InChI is InChI=1S/C11H15NO6S2/c1-8-3-4-9(19(2,15)16)7-10(8)12-20(17,18)6-5-11(13)14/h3-4,7,12H,5-6H2,1-2H3,(H,13,14). The molecule has 2 N–H and O–H groups in total. The van der Waals surface area contributed by atoms with E-state index < -0.39 is 38.0 Å². The largest absolute Gasteiger partial charge is 0.481 e. The first-order chi connectivity index (χ1) is 9.01. The van der Waals surface area contributed by atoms with Crippen molar-refractivity contribution in [3.63, 3.8) is 0 Å². The maximum atomic E-state index is 11.7. The van der Waals surface area contributed by atoms with E-state index in [4.69, 9.17) is 5.11 Å². The lowest BCUT2D eigenvalue weighted by molar-refractivity contribution is -0.136. The topological polar surface area (TPSA) is 118 Å². The Kier molecular flexibility index (Phi) is 4.77. The Morgan fingerprint density at radius 3 is 2.35 bits per heavy atom. The van der Waals surface area contributed by atoms with Crippen molar-refractivity contribution in [3.05, 3.63) is 23.8 Å². The number of rotatable bonds is 6. The number of carboxylic acids is 1. The van der Waals surface area contributed by atoms with Crippen LogP contribution in [0.1, 0.15) is 12.0 Å². The Morgan fingerprint density at radius 2 is 1.85 bits per heavy atom. The molecule has 0 fully saturated rings. The van der Waals surface area contributed by atoms with Crippen LogP contribution in [0.15, 0.2) is 23.1 Å². The fraction of sp³-hybridized carbons (Fsp3) is 0.364. The second kappa shape index (κ2) is 5.80. The summed E-state index contributed by atoms with van der Waals surface area (Å²) in [5.41, 5.74) is 0.662. The molecular weight excluding hydrogens is 306 g/mol. The number of hydrogen-bond acceptors (Lipinski definition) is 5. The average Bonchev–Trinajstić information content (AvgIpc) is 2.28. The number of aliphatic carboxylic acids is 1. The number of sulfone groups is 1. The Labute approximate surface area is 117 Å². The van der Waals surface area contributed by atoms with Crippen LogP contribution in [0.25, 0.3) is 0 Å². The summed E-state index contributed by atoms with van der Waals surface area (Å²) >= 11 is 0. The second-order valence-electron chi connectivity index (χ2n) is 4.31. The number of aryl methyl sites for hydroxylation is 1. The molecule has 0 bridgehead atoms. The molecule has 20 heavy (non-hydrogen) atoms. The summed E-state index contributed by atoms with van der Waals surface area (Å²) in [6.45, 7) is 1.61. The van der Waals surface area contributed by atoms with Crippen molar-refractivity contribution in [3.8, 4) is 0 Å². The summed E-state index contributed by atoms with van der Waals surface area (Å²) in [4.78, 5) is 10.4. The van der Waals surface area contributed by atoms with Crippen LogP contribution in [0.5, 0.6) is 0 Å². The van der Waals surface area contributed by atoms with Gasteiger partial charge >= 0.3 is 5.97 Å². The highest BCUT2D eigenvalue weighted by Gasteiger charge is 2.16. The molecule has 112 valence electrons. The van der Waals surface area contributed by atoms with E-state index in [-0.39, 0.29) is 10.6 Å². The van der Waals surface area contributed by atoms with Gasteiger partial charge in [-0.1, -0.05) is 6.07 Å². The summed E-state index contributed by atoms with van der Waals surface area (Å²) in [6.07, 6.45) is 0.487. The van der Waals surface area contributed by atoms with E-state index in [0.29, 0.717) is 5.56 Å². The van der Waals surface area contributed by atoms with Crippen LogP contribution >= 0.6 is 0 Å². The predicted octanol–water partition coefficient (Wildman–Crippen LogP) is 0.615. The first-order valence-electron chi connectivity index (χ1n) is 5.54. The number of carbonyl (C=O) groups is 1. The minimum absolute atomic E-state index is 0.0148. The molecule has 0 heterocycles. The lowest BCUT2D eigenvalue weighted by atomic mass is 10.2.